The zero-order chi connectivity index (χ0) is 19.4. The van der Waals surface area contributed by atoms with E-state index in [2.05, 4.69) is 24.5 Å². The summed E-state index contributed by atoms with van der Waals surface area (Å²) in [4.78, 5) is 27.8. The molecular formula is C20H22FN3O2S. The van der Waals surface area contributed by atoms with E-state index in [1.807, 2.05) is 24.3 Å². The Bertz CT molecular complexity index is 843. The number of urea groups is 1. The molecule has 2 aromatic rings. The van der Waals surface area contributed by atoms with Crippen LogP contribution in [0.1, 0.15) is 25.5 Å². The van der Waals surface area contributed by atoms with Crippen LogP contribution in [0.4, 0.5) is 14.9 Å². The number of benzene rings is 2. The Balaban J connectivity index is 1.85. The third-order valence-electron chi connectivity index (χ3n) is 4.13. The number of piperazine rings is 1. The van der Waals surface area contributed by atoms with Crippen LogP contribution >= 0.6 is 11.8 Å². The summed E-state index contributed by atoms with van der Waals surface area (Å²) in [7, 11) is 0. The van der Waals surface area contributed by atoms with Crippen LogP contribution < -0.4 is 10.6 Å². The molecule has 7 heteroatoms. The van der Waals surface area contributed by atoms with Gasteiger partial charge in [-0.3, -0.25) is 4.79 Å². The average Bonchev–Trinajstić information content (AvgIpc) is 2.62. The molecule has 0 saturated carbocycles. The summed E-state index contributed by atoms with van der Waals surface area (Å²) in [6, 6.07) is 12.1. The molecule has 5 nitrogen and oxygen atoms in total. The van der Waals surface area contributed by atoms with Crippen LogP contribution in [0.15, 0.2) is 53.4 Å². The topological polar surface area (TPSA) is 61.4 Å². The summed E-state index contributed by atoms with van der Waals surface area (Å²) in [6.45, 7) is 4.87. The number of nitrogens with one attached hydrogen (secondary N) is 2. The lowest BCUT2D eigenvalue weighted by Crippen LogP contribution is -2.53. The Morgan fingerprint density at radius 1 is 1.26 bits per heavy atom. The Hall–Kier alpha value is -2.54. The van der Waals surface area contributed by atoms with Gasteiger partial charge in [-0.05, 0) is 29.8 Å². The molecular weight excluding hydrogens is 365 g/mol. The molecule has 142 valence electrons. The van der Waals surface area contributed by atoms with Crippen molar-refractivity contribution in [3.63, 3.8) is 0 Å². The smallest absolute Gasteiger partial charge is 0.322 e. The van der Waals surface area contributed by atoms with Crippen molar-refractivity contribution >= 4 is 29.4 Å². The SMILES string of the molecule is CC(C)Sc1ccccc1NC(=O)N1CCNC(=O)C1c1cccc(F)c1. The second-order valence-electron chi connectivity index (χ2n) is 6.53. The molecule has 0 spiro atoms. The first kappa shape index (κ1) is 19.2. The number of halogens is 1. The molecule has 0 aliphatic carbocycles. The highest BCUT2D eigenvalue weighted by atomic mass is 32.2. The fourth-order valence-corrected chi connectivity index (χ4v) is 3.92. The Morgan fingerprint density at radius 2 is 2.04 bits per heavy atom. The molecule has 1 unspecified atom stereocenters. The van der Waals surface area contributed by atoms with Gasteiger partial charge in [-0.15, -0.1) is 11.8 Å². The van der Waals surface area contributed by atoms with Crippen LogP contribution in [-0.2, 0) is 4.79 Å². The number of para-hydroxylation sites is 1. The fraction of sp³-hybridized carbons (Fsp3) is 0.300. The van der Waals surface area contributed by atoms with Crippen molar-refractivity contribution in [1.29, 1.82) is 0 Å². The van der Waals surface area contributed by atoms with Crippen molar-refractivity contribution in [2.24, 2.45) is 0 Å². The van der Waals surface area contributed by atoms with Gasteiger partial charge in [0.1, 0.15) is 11.9 Å². The number of thioether (sulfide) groups is 1. The number of carbonyl (C=O) groups is 2. The quantitative estimate of drug-likeness (QED) is 0.779. The molecule has 3 amide bonds. The molecule has 1 aliphatic rings. The molecule has 1 atom stereocenters. The van der Waals surface area contributed by atoms with Crippen molar-refractivity contribution in [2.75, 3.05) is 18.4 Å². The van der Waals surface area contributed by atoms with Gasteiger partial charge in [0.2, 0.25) is 5.91 Å². The first-order valence-electron chi connectivity index (χ1n) is 8.82. The Labute approximate surface area is 162 Å². The minimum Gasteiger partial charge on any atom is -0.352 e. The molecule has 27 heavy (non-hydrogen) atoms. The van der Waals surface area contributed by atoms with Crippen LogP contribution in [0.5, 0.6) is 0 Å². The van der Waals surface area contributed by atoms with Crippen LogP contribution in [0, 0.1) is 5.82 Å². The number of anilines is 1. The van der Waals surface area contributed by atoms with Crippen LogP contribution in [0.2, 0.25) is 0 Å². The highest BCUT2D eigenvalue weighted by Crippen LogP contribution is 2.31. The fourth-order valence-electron chi connectivity index (χ4n) is 3.01. The second kappa shape index (κ2) is 8.43. The van der Waals surface area contributed by atoms with Crippen LogP contribution in [-0.4, -0.2) is 35.2 Å². The summed E-state index contributed by atoms with van der Waals surface area (Å²) >= 11 is 1.65. The molecule has 2 aromatic carbocycles. The van der Waals surface area contributed by atoms with E-state index < -0.39 is 11.9 Å². The molecule has 1 heterocycles. The predicted molar refractivity (Wildman–Crippen MR) is 105 cm³/mol. The highest BCUT2D eigenvalue weighted by Gasteiger charge is 2.34. The minimum atomic E-state index is -0.862. The summed E-state index contributed by atoms with van der Waals surface area (Å²) in [5.74, 6) is -0.753. The van der Waals surface area contributed by atoms with Gasteiger partial charge in [0, 0.05) is 23.2 Å². The molecule has 0 bridgehead atoms. The molecule has 1 saturated heterocycles. The number of carbonyl (C=O) groups excluding carboxylic acids is 2. The van der Waals surface area contributed by atoms with Gasteiger partial charge in [-0.1, -0.05) is 38.1 Å². The van der Waals surface area contributed by atoms with E-state index in [0.717, 1.165) is 4.90 Å². The van der Waals surface area contributed by atoms with Gasteiger partial charge in [-0.2, -0.15) is 0 Å². The lowest BCUT2D eigenvalue weighted by molar-refractivity contribution is -0.127. The van der Waals surface area contributed by atoms with Gasteiger partial charge in [-0.25, -0.2) is 9.18 Å². The van der Waals surface area contributed by atoms with E-state index >= 15 is 0 Å². The molecule has 1 fully saturated rings. The Morgan fingerprint density at radius 3 is 2.78 bits per heavy atom. The summed E-state index contributed by atoms with van der Waals surface area (Å²) in [6.07, 6.45) is 0. The zero-order valence-corrected chi connectivity index (χ0v) is 16.1. The molecule has 3 rings (SSSR count). The van der Waals surface area contributed by atoms with E-state index in [4.69, 9.17) is 0 Å². The summed E-state index contributed by atoms with van der Waals surface area (Å²) < 4.78 is 13.6. The average molecular weight is 387 g/mol. The second-order valence-corrected chi connectivity index (χ2v) is 8.15. The van der Waals surface area contributed by atoms with Gasteiger partial charge in [0.05, 0.1) is 5.69 Å². The van der Waals surface area contributed by atoms with Gasteiger partial charge < -0.3 is 15.5 Å². The Kier molecular flexibility index (Phi) is 6.01. The summed E-state index contributed by atoms with van der Waals surface area (Å²) in [5, 5.41) is 6.03. The van der Waals surface area contributed by atoms with E-state index in [-0.39, 0.29) is 11.9 Å². The third-order valence-corrected chi connectivity index (χ3v) is 5.21. The van der Waals surface area contributed by atoms with Crippen molar-refractivity contribution < 1.29 is 14.0 Å². The molecule has 0 aromatic heterocycles. The van der Waals surface area contributed by atoms with Crippen molar-refractivity contribution in [3.8, 4) is 0 Å². The first-order chi connectivity index (χ1) is 13.0. The summed E-state index contributed by atoms with van der Waals surface area (Å²) in [5.41, 5.74) is 1.15. The van der Waals surface area contributed by atoms with E-state index in [9.17, 15) is 14.0 Å². The first-order valence-corrected chi connectivity index (χ1v) is 9.70. The normalized spacial score (nSPS) is 17.0. The maximum atomic E-state index is 13.6. The van der Waals surface area contributed by atoms with E-state index in [0.29, 0.717) is 29.6 Å². The standard InChI is InChI=1S/C20H22FN3O2S/c1-13(2)27-17-9-4-3-8-16(17)23-20(26)24-11-10-22-19(25)18(24)14-6-5-7-15(21)12-14/h3-9,12-13,18H,10-11H2,1-2H3,(H,22,25)(H,23,26). The van der Waals surface area contributed by atoms with Crippen LogP contribution in [0.25, 0.3) is 0 Å². The van der Waals surface area contributed by atoms with E-state index in [1.165, 1.54) is 23.1 Å². The monoisotopic (exact) mass is 387 g/mol. The maximum Gasteiger partial charge on any atom is 0.322 e. The number of rotatable bonds is 4. The lowest BCUT2D eigenvalue weighted by atomic mass is 10.0. The maximum absolute atomic E-state index is 13.6. The largest absolute Gasteiger partial charge is 0.352 e. The van der Waals surface area contributed by atoms with Crippen molar-refractivity contribution in [2.45, 2.75) is 30.0 Å². The number of hydrogen-bond acceptors (Lipinski definition) is 3. The third kappa shape index (κ3) is 4.60. The minimum absolute atomic E-state index is 0.313. The van der Waals surface area contributed by atoms with Gasteiger partial charge in [0.25, 0.3) is 0 Å². The number of amides is 3. The molecule has 2 N–H and O–H groups in total. The predicted octanol–water partition coefficient (Wildman–Crippen LogP) is 4.03. The van der Waals surface area contributed by atoms with Crippen molar-refractivity contribution in [3.05, 3.63) is 59.9 Å². The number of nitrogens with zero attached hydrogens (tertiary/aromatic N) is 1. The van der Waals surface area contributed by atoms with Gasteiger partial charge >= 0.3 is 6.03 Å². The number of hydrogen-bond donors (Lipinski definition) is 2. The van der Waals surface area contributed by atoms with E-state index in [1.54, 1.807) is 17.8 Å². The molecule has 1 aliphatic heterocycles. The zero-order valence-electron chi connectivity index (χ0n) is 15.2. The lowest BCUT2D eigenvalue weighted by Gasteiger charge is -2.35. The van der Waals surface area contributed by atoms with Crippen molar-refractivity contribution in [1.82, 2.24) is 10.2 Å². The highest BCUT2D eigenvalue weighted by molar-refractivity contribution is 8.00. The van der Waals surface area contributed by atoms with Crippen LogP contribution in [0.3, 0.4) is 0 Å². The van der Waals surface area contributed by atoms with Gasteiger partial charge in [0.15, 0.2) is 0 Å². The molecule has 0 radical (unpaired) electrons.